The number of carboxylic acids is 1. The van der Waals surface area contributed by atoms with Gasteiger partial charge in [0, 0.05) is 0 Å². The van der Waals surface area contributed by atoms with Crippen molar-refractivity contribution in [2.45, 2.75) is 0 Å². The van der Waals surface area contributed by atoms with Crippen LogP contribution in [0, 0.1) is 0 Å². The highest BCUT2D eigenvalue weighted by Gasteiger charge is 2.30. The summed E-state index contributed by atoms with van der Waals surface area (Å²) in [5.74, 6) is -2.12. The van der Waals surface area contributed by atoms with E-state index in [4.69, 9.17) is 5.11 Å². The minimum Gasteiger partial charge on any atom is -0.477 e. The number of thiophene rings is 1. The van der Waals surface area contributed by atoms with Crippen LogP contribution in [0.3, 0.4) is 0 Å². The van der Waals surface area contributed by atoms with E-state index in [1.807, 2.05) is 0 Å². The molecular formula is C10H9N3O5S. The molecule has 1 aliphatic rings. The highest BCUT2D eigenvalue weighted by molar-refractivity contribution is 7.18. The standard InChI is InChI=1S/C10H9N3O5S/c14-6(4-13-8(15)3-11-10(13)18)12-7-2-1-5(19-7)9(16)17/h1-2H,3-4H2,(H,11,18)(H,12,14)(H,16,17). The second-order valence-corrected chi connectivity index (χ2v) is 4.74. The number of carboxylic acid groups (broad SMARTS) is 1. The summed E-state index contributed by atoms with van der Waals surface area (Å²) in [6, 6.07) is 2.19. The zero-order chi connectivity index (χ0) is 14.0. The van der Waals surface area contributed by atoms with Crippen molar-refractivity contribution in [2.75, 3.05) is 18.4 Å². The van der Waals surface area contributed by atoms with E-state index in [0.29, 0.717) is 5.00 Å². The highest BCUT2D eigenvalue weighted by atomic mass is 32.1. The average Bonchev–Trinajstić information content (AvgIpc) is 2.91. The SMILES string of the molecule is O=C(CN1C(=O)CNC1=O)Nc1ccc(C(=O)O)s1. The zero-order valence-corrected chi connectivity index (χ0v) is 10.3. The molecule has 1 aromatic rings. The van der Waals surface area contributed by atoms with Crippen molar-refractivity contribution >= 4 is 40.2 Å². The maximum Gasteiger partial charge on any atom is 0.345 e. The lowest BCUT2D eigenvalue weighted by molar-refractivity contribution is -0.128. The van der Waals surface area contributed by atoms with Gasteiger partial charge in [0.1, 0.15) is 11.4 Å². The van der Waals surface area contributed by atoms with Crippen LogP contribution in [0.15, 0.2) is 12.1 Å². The van der Waals surface area contributed by atoms with E-state index in [0.717, 1.165) is 16.2 Å². The van der Waals surface area contributed by atoms with Gasteiger partial charge in [-0.3, -0.25) is 14.5 Å². The van der Waals surface area contributed by atoms with E-state index >= 15 is 0 Å². The van der Waals surface area contributed by atoms with Crippen molar-refractivity contribution in [3.8, 4) is 0 Å². The Morgan fingerprint density at radius 1 is 1.42 bits per heavy atom. The largest absolute Gasteiger partial charge is 0.477 e. The number of urea groups is 1. The molecule has 0 aromatic carbocycles. The lowest BCUT2D eigenvalue weighted by Crippen LogP contribution is -2.37. The topological polar surface area (TPSA) is 116 Å². The quantitative estimate of drug-likeness (QED) is 0.669. The number of amides is 4. The number of hydrogen-bond acceptors (Lipinski definition) is 5. The van der Waals surface area contributed by atoms with Gasteiger partial charge in [-0.1, -0.05) is 0 Å². The van der Waals surface area contributed by atoms with Crippen LogP contribution in [0.5, 0.6) is 0 Å². The third kappa shape index (κ3) is 2.88. The molecule has 0 bridgehead atoms. The van der Waals surface area contributed by atoms with E-state index in [-0.39, 0.29) is 11.4 Å². The summed E-state index contributed by atoms with van der Waals surface area (Å²) < 4.78 is 0. The summed E-state index contributed by atoms with van der Waals surface area (Å²) in [5, 5.41) is 13.8. The van der Waals surface area contributed by atoms with Crippen LogP contribution >= 0.6 is 11.3 Å². The molecular weight excluding hydrogens is 274 g/mol. The van der Waals surface area contributed by atoms with Gasteiger partial charge in [-0.05, 0) is 12.1 Å². The zero-order valence-electron chi connectivity index (χ0n) is 9.50. The second kappa shape index (κ2) is 5.06. The van der Waals surface area contributed by atoms with Gasteiger partial charge in [0.2, 0.25) is 5.91 Å². The summed E-state index contributed by atoms with van der Waals surface area (Å²) in [5.41, 5.74) is 0. The summed E-state index contributed by atoms with van der Waals surface area (Å²) >= 11 is 0.893. The highest BCUT2D eigenvalue weighted by Crippen LogP contribution is 2.21. The van der Waals surface area contributed by atoms with Crippen LogP contribution in [0.25, 0.3) is 0 Å². The first-order chi connectivity index (χ1) is 8.97. The fourth-order valence-corrected chi connectivity index (χ4v) is 2.22. The fourth-order valence-electron chi connectivity index (χ4n) is 1.46. The van der Waals surface area contributed by atoms with Crippen molar-refractivity contribution in [1.82, 2.24) is 10.2 Å². The first-order valence-corrected chi connectivity index (χ1v) is 6.00. The maximum absolute atomic E-state index is 11.6. The van der Waals surface area contributed by atoms with Crippen LogP contribution in [-0.4, -0.2) is 46.9 Å². The molecule has 0 unspecified atom stereocenters. The Morgan fingerprint density at radius 2 is 2.16 bits per heavy atom. The molecule has 0 aliphatic carbocycles. The molecule has 1 fully saturated rings. The first kappa shape index (κ1) is 13.0. The van der Waals surface area contributed by atoms with E-state index in [2.05, 4.69) is 10.6 Å². The number of carbonyl (C=O) groups is 4. The Bertz CT molecular complexity index is 551. The van der Waals surface area contributed by atoms with Gasteiger partial charge in [0.05, 0.1) is 11.5 Å². The van der Waals surface area contributed by atoms with Gasteiger partial charge in [-0.25, -0.2) is 9.59 Å². The number of anilines is 1. The third-order valence-electron chi connectivity index (χ3n) is 2.32. The minimum atomic E-state index is -1.08. The van der Waals surface area contributed by atoms with Crippen molar-refractivity contribution in [3.63, 3.8) is 0 Å². The van der Waals surface area contributed by atoms with Gasteiger partial charge in [-0.2, -0.15) is 0 Å². The molecule has 3 N–H and O–H groups in total. The van der Waals surface area contributed by atoms with E-state index in [1.54, 1.807) is 0 Å². The molecule has 1 saturated heterocycles. The molecule has 2 heterocycles. The van der Waals surface area contributed by atoms with Crippen LogP contribution in [-0.2, 0) is 9.59 Å². The molecule has 0 radical (unpaired) electrons. The number of hydrogen-bond donors (Lipinski definition) is 3. The molecule has 0 saturated carbocycles. The number of rotatable bonds is 4. The Balaban J connectivity index is 1.95. The summed E-state index contributed by atoms with van der Waals surface area (Å²) in [4.78, 5) is 45.6. The van der Waals surface area contributed by atoms with Crippen molar-refractivity contribution in [3.05, 3.63) is 17.0 Å². The summed E-state index contributed by atoms with van der Waals surface area (Å²) in [7, 11) is 0. The predicted octanol–water partition coefficient (Wildman–Crippen LogP) is -0.0634. The van der Waals surface area contributed by atoms with E-state index < -0.39 is 30.4 Å². The predicted molar refractivity (Wildman–Crippen MR) is 65.0 cm³/mol. The average molecular weight is 283 g/mol. The fraction of sp³-hybridized carbons (Fsp3) is 0.200. The molecule has 8 nitrogen and oxygen atoms in total. The van der Waals surface area contributed by atoms with Crippen molar-refractivity contribution in [1.29, 1.82) is 0 Å². The Kier molecular flexibility index (Phi) is 3.47. The van der Waals surface area contributed by atoms with Crippen molar-refractivity contribution in [2.24, 2.45) is 0 Å². The van der Waals surface area contributed by atoms with Gasteiger partial charge in [-0.15, -0.1) is 11.3 Å². The number of aromatic carboxylic acids is 1. The molecule has 9 heteroatoms. The van der Waals surface area contributed by atoms with Crippen LogP contribution in [0.1, 0.15) is 9.67 Å². The second-order valence-electron chi connectivity index (χ2n) is 3.66. The molecule has 0 spiro atoms. The summed E-state index contributed by atoms with van der Waals surface area (Å²) in [6.07, 6.45) is 0. The smallest absolute Gasteiger partial charge is 0.345 e. The maximum atomic E-state index is 11.6. The van der Waals surface area contributed by atoms with Gasteiger partial charge >= 0.3 is 12.0 Å². The number of nitrogens with one attached hydrogen (secondary N) is 2. The molecule has 2 rings (SSSR count). The third-order valence-corrected chi connectivity index (χ3v) is 3.31. The number of carbonyl (C=O) groups excluding carboxylic acids is 3. The molecule has 0 atom stereocenters. The number of imide groups is 1. The monoisotopic (exact) mass is 283 g/mol. The molecule has 19 heavy (non-hydrogen) atoms. The van der Waals surface area contributed by atoms with E-state index in [1.165, 1.54) is 12.1 Å². The molecule has 1 aromatic heterocycles. The van der Waals surface area contributed by atoms with Crippen LogP contribution in [0.2, 0.25) is 0 Å². The lowest BCUT2D eigenvalue weighted by Gasteiger charge is -2.11. The summed E-state index contributed by atoms with van der Waals surface area (Å²) in [6.45, 7) is -0.515. The Labute approximate surface area is 111 Å². The molecule has 100 valence electrons. The van der Waals surface area contributed by atoms with Gasteiger partial charge in [0.25, 0.3) is 5.91 Å². The minimum absolute atomic E-state index is 0.0882. The van der Waals surface area contributed by atoms with Crippen LogP contribution in [0.4, 0.5) is 9.80 Å². The van der Waals surface area contributed by atoms with Crippen molar-refractivity contribution < 1.29 is 24.3 Å². The normalized spacial score (nSPS) is 14.4. The molecule has 1 aliphatic heterocycles. The van der Waals surface area contributed by atoms with Gasteiger partial charge < -0.3 is 15.7 Å². The van der Waals surface area contributed by atoms with Gasteiger partial charge in [0.15, 0.2) is 0 Å². The lowest BCUT2D eigenvalue weighted by atomic mass is 10.4. The van der Waals surface area contributed by atoms with Crippen LogP contribution < -0.4 is 10.6 Å². The Hall–Kier alpha value is -2.42. The number of nitrogens with zero attached hydrogens (tertiary/aromatic N) is 1. The Morgan fingerprint density at radius 3 is 2.68 bits per heavy atom. The first-order valence-electron chi connectivity index (χ1n) is 5.18. The van der Waals surface area contributed by atoms with E-state index in [9.17, 15) is 19.2 Å². The molecule has 4 amide bonds.